The molecule has 2 atom stereocenters. The van der Waals surface area contributed by atoms with E-state index in [4.69, 9.17) is 0 Å². The number of aromatic nitrogens is 3. The van der Waals surface area contributed by atoms with Gasteiger partial charge < -0.3 is 15.4 Å². The van der Waals surface area contributed by atoms with Crippen LogP contribution in [0.2, 0.25) is 0 Å². The van der Waals surface area contributed by atoms with Crippen LogP contribution < -0.4 is 5.32 Å². The summed E-state index contributed by atoms with van der Waals surface area (Å²) < 4.78 is 0. The first kappa shape index (κ1) is 18.8. The van der Waals surface area contributed by atoms with Gasteiger partial charge in [0.05, 0.1) is 17.1 Å². The molecule has 146 valence electrons. The van der Waals surface area contributed by atoms with Crippen molar-refractivity contribution in [3.63, 3.8) is 0 Å². The number of carbonyl (C=O) groups excluding carboxylic acids is 1. The number of fused-ring (bicyclic) bond motifs is 1. The SMILES string of the molecule is CC(NC(=O)c1cccc2[nH]c(-c3ccncc3)nc12)C(C)(O)c1ccccc1. The zero-order chi connectivity index (χ0) is 20.4. The lowest BCUT2D eigenvalue weighted by atomic mass is 9.89. The van der Waals surface area contributed by atoms with Crippen LogP contribution in [0.3, 0.4) is 0 Å². The third kappa shape index (κ3) is 3.62. The molecule has 0 aliphatic rings. The van der Waals surface area contributed by atoms with Crippen molar-refractivity contribution in [3.05, 3.63) is 84.2 Å². The van der Waals surface area contributed by atoms with Gasteiger partial charge in [0.1, 0.15) is 16.9 Å². The van der Waals surface area contributed by atoms with E-state index in [0.717, 1.165) is 16.6 Å². The Morgan fingerprint density at radius 2 is 1.79 bits per heavy atom. The molecule has 0 spiro atoms. The number of hydrogen-bond acceptors (Lipinski definition) is 4. The Kier molecular flexibility index (Phi) is 4.86. The fraction of sp³-hybridized carbons (Fsp3) is 0.174. The van der Waals surface area contributed by atoms with Gasteiger partial charge in [0.15, 0.2) is 0 Å². The zero-order valence-corrected chi connectivity index (χ0v) is 16.3. The van der Waals surface area contributed by atoms with Crippen LogP contribution in [-0.2, 0) is 5.60 Å². The highest BCUT2D eigenvalue weighted by Gasteiger charge is 2.32. The molecule has 2 aromatic heterocycles. The molecule has 0 aliphatic heterocycles. The number of carbonyl (C=O) groups is 1. The fourth-order valence-electron chi connectivity index (χ4n) is 3.30. The number of para-hydroxylation sites is 1. The van der Waals surface area contributed by atoms with Crippen LogP contribution in [0, 0.1) is 0 Å². The van der Waals surface area contributed by atoms with Gasteiger partial charge in [0, 0.05) is 18.0 Å². The summed E-state index contributed by atoms with van der Waals surface area (Å²) in [4.78, 5) is 24.9. The molecule has 6 heteroatoms. The molecular weight excluding hydrogens is 364 g/mol. The first-order valence-electron chi connectivity index (χ1n) is 9.44. The predicted octanol–water partition coefficient (Wildman–Crippen LogP) is 3.65. The van der Waals surface area contributed by atoms with Gasteiger partial charge in [-0.25, -0.2) is 4.98 Å². The van der Waals surface area contributed by atoms with Crippen LogP contribution in [0.1, 0.15) is 29.8 Å². The summed E-state index contributed by atoms with van der Waals surface area (Å²) in [5, 5.41) is 13.9. The Morgan fingerprint density at radius 3 is 2.52 bits per heavy atom. The Labute approximate surface area is 168 Å². The number of amides is 1. The van der Waals surface area contributed by atoms with Gasteiger partial charge in [-0.3, -0.25) is 9.78 Å². The van der Waals surface area contributed by atoms with Crippen LogP contribution in [0.4, 0.5) is 0 Å². The first-order valence-corrected chi connectivity index (χ1v) is 9.44. The van der Waals surface area contributed by atoms with Crippen molar-refractivity contribution in [2.24, 2.45) is 0 Å². The van der Waals surface area contributed by atoms with E-state index in [2.05, 4.69) is 20.3 Å². The lowest BCUT2D eigenvalue weighted by molar-refractivity contribution is 0.0208. The number of pyridine rings is 1. The van der Waals surface area contributed by atoms with Crippen LogP contribution in [0.5, 0.6) is 0 Å². The average Bonchev–Trinajstić information content (AvgIpc) is 3.19. The molecule has 0 aliphatic carbocycles. The summed E-state index contributed by atoms with van der Waals surface area (Å²) in [6.45, 7) is 3.49. The van der Waals surface area contributed by atoms with Gasteiger partial charge in [-0.2, -0.15) is 0 Å². The van der Waals surface area contributed by atoms with Crippen molar-refractivity contribution < 1.29 is 9.90 Å². The smallest absolute Gasteiger partial charge is 0.253 e. The first-order chi connectivity index (χ1) is 14.0. The molecule has 2 heterocycles. The summed E-state index contributed by atoms with van der Waals surface area (Å²) in [7, 11) is 0. The molecular formula is C23H22N4O2. The Balaban J connectivity index is 1.63. The number of hydrogen-bond donors (Lipinski definition) is 3. The molecule has 2 aromatic carbocycles. The number of rotatable bonds is 5. The van der Waals surface area contributed by atoms with Gasteiger partial charge in [-0.15, -0.1) is 0 Å². The number of imidazole rings is 1. The third-order valence-corrected chi connectivity index (χ3v) is 5.26. The van der Waals surface area contributed by atoms with Gasteiger partial charge in [0.25, 0.3) is 5.91 Å². The number of nitrogens with one attached hydrogen (secondary N) is 2. The van der Waals surface area contributed by atoms with Crippen molar-refractivity contribution in [2.75, 3.05) is 0 Å². The maximum atomic E-state index is 13.0. The molecule has 29 heavy (non-hydrogen) atoms. The minimum absolute atomic E-state index is 0.285. The Hall–Kier alpha value is -3.51. The quantitative estimate of drug-likeness (QED) is 0.488. The second-order valence-corrected chi connectivity index (χ2v) is 7.23. The Morgan fingerprint density at radius 1 is 1.07 bits per heavy atom. The van der Waals surface area contributed by atoms with E-state index in [1.54, 1.807) is 32.3 Å². The minimum atomic E-state index is -1.21. The highest BCUT2D eigenvalue weighted by molar-refractivity contribution is 6.05. The van der Waals surface area contributed by atoms with Crippen LogP contribution >= 0.6 is 0 Å². The standard InChI is InChI=1S/C23H22N4O2/c1-15(23(2,29)17-7-4-3-5-8-17)25-22(28)18-9-6-10-19-20(18)27-21(26-19)16-11-13-24-14-12-16/h3-15,29H,1-2H3,(H,25,28)(H,26,27). The monoisotopic (exact) mass is 386 g/mol. The number of nitrogens with zero attached hydrogens (tertiary/aromatic N) is 2. The molecule has 2 unspecified atom stereocenters. The van der Waals surface area contributed by atoms with Crippen LogP contribution in [-0.4, -0.2) is 32.0 Å². The highest BCUT2D eigenvalue weighted by Crippen LogP contribution is 2.26. The normalized spacial score (nSPS) is 14.3. The van der Waals surface area contributed by atoms with Crippen molar-refractivity contribution >= 4 is 16.9 Å². The number of benzene rings is 2. The highest BCUT2D eigenvalue weighted by atomic mass is 16.3. The second-order valence-electron chi connectivity index (χ2n) is 7.23. The van der Waals surface area contributed by atoms with Crippen molar-refractivity contribution in [3.8, 4) is 11.4 Å². The molecule has 0 fully saturated rings. The molecule has 1 amide bonds. The molecule has 0 radical (unpaired) electrons. The maximum Gasteiger partial charge on any atom is 0.253 e. The van der Waals surface area contributed by atoms with Crippen LogP contribution in [0.25, 0.3) is 22.4 Å². The fourth-order valence-corrected chi connectivity index (χ4v) is 3.30. The molecule has 0 saturated carbocycles. The van der Waals surface area contributed by atoms with Crippen LogP contribution in [0.15, 0.2) is 73.1 Å². The third-order valence-electron chi connectivity index (χ3n) is 5.26. The van der Waals surface area contributed by atoms with E-state index in [1.807, 2.05) is 54.6 Å². The topological polar surface area (TPSA) is 90.9 Å². The number of aromatic amines is 1. The molecule has 3 N–H and O–H groups in total. The molecule has 4 aromatic rings. The van der Waals surface area contributed by atoms with E-state index in [-0.39, 0.29) is 5.91 Å². The second kappa shape index (κ2) is 7.48. The summed E-state index contributed by atoms with van der Waals surface area (Å²) in [6, 6.07) is 17.9. The van der Waals surface area contributed by atoms with Crippen molar-refractivity contribution in [1.29, 1.82) is 0 Å². The summed E-state index contributed by atoms with van der Waals surface area (Å²) in [5.74, 6) is 0.388. The van der Waals surface area contributed by atoms with E-state index in [0.29, 0.717) is 16.9 Å². The molecule has 0 saturated heterocycles. The van der Waals surface area contributed by atoms with Gasteiger partial charge >= 0.3 is 0 Å². The number of H-pyrrole nitrogens is 1. The molecule has 0 bridgehead atoms. The average molecular weight is 386 g/mol. The molecule has 4 rings (SSSR count). The largest absolute Gasteiger partial charge is 0.383 e. The van der Waals surface area contributed by atoms with E-state index >= 15 is 0 Å². The zero-order valence-electron chi connectivity index (χ0n) is 16.3. The number of aliphatic hydroxyl groups is 1. The molecule has 6 nitrogen and oxygen atoms in total. The predicted molar refractivity (Wildman–Crippen MR) is 112 cm³/mol. The van der Waals surface area contributed by atoms with Gasteiger partial charge in [-0.1, -0.05) is 36.4 Å². The summed E-state index contributed by atoms with van der Waals surface area (Å²) in [5.41, 5.74) is 2.23. The van der Waals surface area contributed by atoms with Crippen molar-refractivity contribution in [2.45, 2.75) is 25.5 Å². The maximum absolute atomic E-state index is 13.0. The van der Waals surface area contributed by atoms with Gasteiger partial charge in [0.2, 0.25) is 0 Å². The summed E-state index contributed by atoms with van der Waals surface area (Å²) >= 11 is 0. The lowest BCUT2D eigenvalue weighted by Gasteiger charge is -2.31. The van der Waals surface area contributed by atoms with E-state index in [1.165, 1.54) is 0 Å². The van der Waals surface area contributed by atoms with E-state index < -0.39 is 11.6 Å². The summed E-state index contributed by atoms with van der Waals surface area (Å²) in [6.07, 6.45) is 3.40. The van der Waals surface area contributed by atoms with Crippen molar-refractivity contribution in [1.82, 2.24) is 20.3 Å². The van der Waals surface area contributed by atoms with E-state index in [9.17, 15) is 9.90 Å². The Bertz CT molecular complexity index is 1140. The minimum Gasteiger partial charge on any atom is -0.383 e. The lowest BCUT2D eigenvalue weighted by Crippen LogP contribution is -2.47. The van der Waals surface area contributed by atoms with Gasteiger partial charge in [-0.05, 0) is 43.7 Å².